The quantitative estimate of drug-likeness (QED) is 0.319. The minimum Gasteiger partial charge on any atom is -0.322 e. The summed E-state index contributed by atoms with van der Waals surface area (Å²) in [6.45, 7) is 0. The highest BCUT2D eigenvalue weighted by atomic mass is 35.5. The predicted molar refractivity (Wildman–Crippen MR) is 126 cm³/mol. The normalized spacial score (nSPS) is 10.9. The Morgan fingerprint density at radius 3 is 2.70 bits per heavy atom. The molecule has 152 valence electrons. The first-order chi connectivity index (χ1) is 14.5. The number of nitrogens with zero attached hydrogens (tertiary/aromatic N) is 2. The molecular formula is C19H12Cl2N4O2S3. The number of hydrogen-bond acceptors (Lipinski definition) is 7. The van der Waals surface area contributed by atoms with Crippen LogP contribution in [0.5, 0.6) is 0 Å². The van der Waals surface area contributed by atoms with Gasteiger partial charge in [0.15, 0.2) is 9.47 Å². The van der Waals surface area contributed by atoms with E-state index in [-0.39, 0.29) is 17.6 Å². The van der Waals surface area contributed by atoms with Crippen LogP contribution < -0.4 is 10.6 Å². The summed E-state index contributed by atoms with van der Waals surface area (Å²) in [7, 11) is 0. The lowest BCUT2D eigenvalue weighted by Gasteiger charge is -2.06. The molecule has 2 amide bonds. The number of hydrogen-bond donors (Lipinski definition) is 2. The maximum atomic E-state index is 12.4. The third-order valence-electron chi connectivity index (χ3n) is 3.81. The molecule has 0 bridgehead atoms. The molecule has 0 spiro atoms. The van der Waals surface area contributed by atoms with Crippen LogP contribution in [0.1, 0.15) is 10.4 Å². The third-order valence-corrected chi connectivity index (χ3v) is 7.40. The van der Waals surface area contributed by atoms with Gasteiger partial charge in [0.05, 0.1) is 26.0 Å². The van der Waals surface area contributed by atoms with E-state index >= 15 is 0 Å². The van der Waals surface area contributed by atoms with Crippen molar-refractivity contribution < 1.29 is 9.59 Å². The standard InChI is InChI=1S/C19H12Cl2N4O2S3/c20-12-3-1-10(7-13(12)21)17(27)23-11-2-4-14-15(8-11)30-19(24-14)29-9-16(26)25-18-22-5-6-28-18/h1-8H,9H2,(H,23,27)(H,22,25,26). The molecule has 0 saturated heterocycles. The van der Waals surface area contributed by atoms with Crippen molar-refractivity contribution in [1.82, 2.24) is 9.97 Å². The maximum Gasteiger partial charge on any atom is 0.255 e. The Morgan fingerprint density at radius 1 is 1.07 bits per heavy atom. The van der Waals surface area contributed by atoms with E-state index < -0.39 is 0 Å². The van der Waals surface area contributed by atoms with Gasteiger partial charge in [-0.25, -0.2) is 9.97 Å². The number of rotatable bonds is 6. The Labute approximate surface area is 193 Å². The fraction of sp³-hybridized carbons (Fsp3) is 0.0526. The summed E-state index contributed by atoms with van der Waals surface area (Å²) in [5, 5.41) is 8.67. The van der Waals surface area contributed by atoms with Crippen molar-refractivity contribution in [2.24, 2.45) is 0 Å². The number of thioether (sulfide) groups is 1. The van der Waals surface area contributed by atoms with E-state index in [1.54, 1.807) is 29.8 Å². The van der Waals surface area contributed by atoms with Gasteiger partial charge in [-0.2, -0.15) is 0 Å². The van der Waals surface area contributed by atoms with Gasteiger partial charge in [-0.3, -0.25) is 9.59 Å². The van der Waals surface area contributed by atoms with Crippen molar-refractivity contribution in [3.05, 3.63) is 63.6 Å². The first kappa shape index (κ1) is 21.1. The summed E-state index contributed by atoms with van der Waals surface area (Å²) >= 11 is 16.1. The van der Waals surface area contributed by atoms with Gasteiger partial charge in [-0.05, 0) is 36.4 Å². The molecule has 0 fully saturated rings. The van der Waals surface area contributed by atoms with Crippen molar-refractivity contribution in [3.63, 3.8) is 0 Å². The molecule has 30 heavy (non-hydrogen) atoms. The zero-order chi connectivity index (χ0) is 21.1. The van der Waals surface area contributed by atoms with Gasteiger partial charge in [0.25, 0.3) is 5.91 Å². The zero-order valence-corrected chi connectivity index (χ0v) is 19.0. The molecule has 0 aliphatic heterocycles. The van der Waals surface area contributed by atoms with Crippen molar-refractivity contribution >= 4 is 90.5 Å². The van der Waals surface area contributed by atoms with Gasteiger partial charge in [0, 0.05) is 22.8 Å². The lowest BCUT2D eigenvalue weighted by molar-refractivity contribution is -0.113. The fourth-order valence-corrected chi connectivity index (χ4v) is 5.20. The van der Waals surface area contributed by atoms with Crippen molar-refractivity contribution in [2.75, 3.05) is 16.4 Å². The summed E-state index contributed by atoms with van der Waals surface area (Å²) < 4.78 is 1.68. The largest absolute Gasteiger partial charge is 0.322 e. The molecule has 6 nitrogen and oxygen atoms in total. The average Bonchev–Trinajstić information content (AvgIpc) is 3.37. The molecule has 0 saturated carbocycles. The average molecular weight is 495 g/mol. The van der Waals surface area contributed by atoms with Crippen molar-refractivity contribution in [3.8, 4) is 0 Å². The highest BCUT2D eigenvalue weighted by molar-refractivity contribution is 8.01. The molecule has 2 heterocycles. The molecule has 0 radical (unpaired) electrons. The summed E-state index contributed by atoms with van der Waals surface area (Å²) in [6, 6.07) is 10.2. The first-order valence-electron chi connectivity index (χ1n) is 8.47. The van der Waals surface area contributed by atoms with E-state index in [4.69, 9.17) is 23.2 Å². The van der Waals surface area contributed by atoms with Crippen LogP contribution >= 0.6 is 57.6 Å². The van der Waals surface area contributed by atoms with Crippen LogP contribution in [0.15, 0.2) is 52.3 Å². The first-order valence-corrected chi connectivity index (χ1v) is 11.9. The molecule has 4 rings (SSSR count). The van der Waals surface area contributed by atoms with Crippen LogP contribution in [-0.4, -0.2) is 27.5 Å². The number of fused-ring (bicyclic) bond motifs is 1. The lowest BCUT2D eigenvalue weighted by atomic mass is 10.2. The molecule has 2 N–H and O–H groups in total. The molecule has 4 aromatic rings. The molecule has 2 aromatic heterocycles. The van der Waals surface area contributed by atoms with E-state index in [0.717, 1.165) is 14.6 Å². The van der Waals surface area contributed by atoms with Gasteiger partial charge in [-0.1, -0.05) is 35.0 Å². The monoisotopic (exact) mass is 494 g/mol. The van der Waals surface area contributed by atoms with Crippen LogP contribution in [0.25, 0.3) is 10.2 Å². The number of carbonyl (C=O) groups is 2. The van der Waals surface area contributed by atoms with Crippen molar-refractivity contribution in [2.45, 2.75) is 4.34 Å². The van der Waals surface area contributed by atoms with Crippen LogP contribution in [0, 0.1) is 0 Å². The number of anilines is 2. The Hall–Kier alpha value is -2.17. The highest BCUT2D eigenvalue weighted by Crippen LogP contribution is 2.31. The molecule has 2 aromatic carbocycles. The van der Waals surface area contributed by atoms with E-state index in [9.17, 15) is 9.59 Å². The predicted octanol–water partition coefficient (Wildman–Crippen LogP) is 6.04. The second-order valence-electron chi connectivity index (χ2n) is 5.92. The van der Waals surface area contributed by atoms with Gasteiger partial charge in [-0.15, -0.1) is 22.7 Å². The number of amides is 2. The van der Waals surface area contributed by atoms with Gasteiger partial charge in [0.2, 0.25) is 5.91 Å². The van der Waals surface area contributed by atoms with Crippen LogP contribution in [-0.2, 0) is 4.79 Å². The molecule has 0 aliphatic carbocycles. The number of carbonyl (C=O) groups excluding carboxylic acids is 2. The second-order valence-corrected chi connectivity index (χ2v) is 9.88. The molecule has 11 heteroatoms. The topological polar surface area (TPSA) is 84.0 Å². The Kier molecular flexibility index (Phi) is 6.55. The SMILES string of the molecule is O=C(CSc1nc2ccc(NC(=O)c3ccc(Cl)c(Cl)c3)cc2s1)Nc1nccs1. The minimum atomic E-state index is -0.286. The highest BCUT2D eigenvalue weighted by Gasteiger charge is 2.12. The number of thiazole rings is 2. The molecule has 0 aliphatic rings. The third kappa shape index (κ3) is 5.11. The zero-order valence-electron chi connectivity index (χ0n) is 15.0. The van der Waals surface area contributed by atoms with E-state index in [1.165, 1.54) is 40.5 Å². The molecule has 0 unspecified atom stereocenters. The van der Waals surface area contributed by atoms with Gasteiger partial charge >= 0.3 is 0 Å². The smallest absolute Gasteiger partial charge is 0.255 e. The number of benzene rings is 2. The van der Waals surface area contributed by atoms with E-state index in [2.05, 4.69) is 20.6 Å². The van der Waals surface area contributed by atoms with Crippen LogP contribution in [0.3, 0.4) is 0 Å². The van der Waals surface area contributed by atoms with Crippen LogP contribution in [0.4, 0.5) is 10.8 Å². The lowest BCUT2D eigenvalue weighted by Crippen LogP contribution is -2.13. The minimum absolute atomic E-state index is 0.135. The Bertz CT molecular complexity index is 1230. The van der Waals surface area contributed by atoms with Gasteiger partial charge < -0.3 is 10.6 Å². The second kappa shape index (κ2) is 9.32. The molecular weight excluding hydrogens is 483 g/mol. The van der Waals surface area contributed by atoms with E-state index in [1.807, 2.05) is 12.1 Å². The summed E-state index contributed by atoms with van der Waals surface area (Å²) in [5.41, 5.74) is 1.85. The van der Waals surface area contributed by atoms with Crippen LogP contribution in [0.2, 0.25) is 10.0 Å². The number of halogens is 2. The number of nitrogens with one attached hydrogen (secondary N) is 2. The maximum absolute atomic E-state index is 12.4. The Balaban J connectivity index is 1.41. The summed E-state index contributed by atoms with van der Waals surface area (Å²) in [5.74, 6) is -0.185. The molecule has 0 atom stereocenters. The fourth-order valence-electron chi connectivity index (χ4n) is 2.45. The van der Waals surface area contributed by atoms with E-state index in [0.29, 0.717) is 26.4 Å². The summed E-state index contributed by atoms with van der Waals surface area (Å²) in [4.78, 5) is 33.0. The summed E-state index contributed by atoms with van der Waals surface area (Å²) in [6.07, 6.45) is 1.64. The number of aromatic nitrogens is 2. The van der Waals surface area contributed by atoms with Gasteiger partial charge in [0.1, 0.15) is 0 Å². The van der Waals surface area contributed by atoms with Crippen molar-refractivity contribution in [1.29, 1.82) is 0 Å². The Morgan fingerprint density at radius 2 is 1.93 bits per heavy atom.